The first-order valence-electron chi connectivity index (χ1n) is 9.75. The number of hydrogen-bond acceptors (Lipinski definition) is 7. The summed E-state index contributed by atoms with van der Waals surface area (Å²) < 4.78 is 52.8. The number of methoxy groups -OCH3 is 1. The summed E-state index contributed by atoms with van der Waals surface area (Å²) in [6.45, 7) is 2.29. The molecule has 0 radical (unpaired) electrons. The van der Waals surface area contributed by atoms with Crippen LogP contribution in [0.5, 0.6) is 0 Å². The maximum atomic E-state index is 11.9. The van der Waals surface area contributed by atoms with Crippen LogP contribution >= 0.6 is 0 Å². The smallest absolute Gasteiger partial charge is 0.264 e. The minimum Gasteiger partial charge on any atom is -0.368 e. The van der Waals surface area contributed by atoms with Gasteiger partial charge in [0.1, 0.15) is 18.3 Å². The van der Waals surface area contributed by atoms with Crippen molar-refractivity contribution in [2.45, 2.75) is 50.8 Å². The van der Waals surface area contributed by atoms with Gasteiger partial charge in [0.05, 0.1) is 25.6 Å². The topological polar surface area (TPSA) is 80.3 Å². The van der Waals surface area contributed by atoms with Gasteiger partial charge in [0.15, 0.2) is 6.29 Å². The predicted octanol–water partition coefficient (Wildman–Crippen LogP) is 2.89. The van der Waals surface area contributed by atoms with E-state index >= 15 is 0 Å². The maximum absolute atomic E-state index is 11.9. The summed E-state index contributed by atoms with van der Waals surface area (Å²) in [7, 11) is -2.23. The average molecular weight is 437 g/mol. The van der Waals surface area contributed by atoms with Gasteiger partial charge in [0.2, 0.25) is 0 Å². The Morgan fingerprint density at radius 1 is 0.833 bits per heavy atom. The third-order valence-electron chi connectivity index (χ3n) is 4.82. The minimum atomic E-state index is -3.74. The molecule has 30 heavy (non-hydrogen) atoms. The van der Waals surface area contributed by atoms with Crippen LogP contribution in [0.2, 0.25) is 0 Å². The van der Waals surface area contributed by atoms with Gasteiger partial charge >= 0.3 is 0 Å². The second kappa shape index (κ2) is 10.5. The molecule has 5 unspecified atom stereocenters. The van der Waals surface area contributed by atoms with E-state index in [0.717, 1.165) is 17.4 Å². The van der Waals surface area contributed by atoms with Gasteiger partial charge in [-0.25, -0.2) is 0 Å². The molecule has 7 nitrogen and oxygen atoms in total. The third kappa shape index (κ3) is 6.34. The monoisotopic (exact) mass is 436 g/mol. The summed E-state index contributed by atoms with van der Waals surface area (Å²) in [5, 5.41) is 0. The Hall–Kier alpha value is -1.81. The van der Waals surface area contributed by atoms with Crippen molar-refractivity contribution in [3.05, 3.63) is 71.8 Å². The summed E-state index contributed by atoms with van der Waals surface area (Å²) >= 11 is 0. The van der Waals surface area contributed by atoms with Crippen molar-refractivity contribution in [3.8, 4) is 0 Å². The number of hydrogen-bond donors (Lipinski definition) is 0. The van der Waals surface area contributed by atoms with Crippen LogP contribution in [-0.2, 0) is 46.5 Å². The largest absolute Gasteiger partial charge is 0.368 e. The molecule has 1 saturated heterocycles. The Balaban J connectivity index is 1.83. The molecule has 5 atom stereocenters. The fourth-order valence-corrected chi connectivity index (χ4v) is 4.07. The molecule has 2 aromatic carbocycles. The summed E-state index contributed by atoms with van der Waals surface area (Å²) in [6, 6.07) is 19.3. The Morgan fingerprint density at radius 2 is 1.33 bits per heavy atom. The second-order valence-electron chi connectivity index (χ2n) is 7.23. The Bertz CT molecular complexity index is 873. The highest BCUT2D eigenvalue weighted by molar-refractivity contribution is 7.86. The molecule has 0 N–H and O–H groups in total. The predicted molar refractivity (Wildman–Crippen MR) is 111 cm³/mol. The van der Waals surface area contributed by atoms with Gasteiger partial charge in [-0.2, -0.15) is 8.42 Å². The first-order chi connectivity index (χ1) is 14.4. The molecule has 3 rings (SSSR count). The van der Waals surface area contributed by atoms with Crippen LogP contribution in [0.25, 0.3) is 0 Å². The van der Waals surface area contributed by atoms with E-state index in [1.54, 1.807) is 6.92 Å². The maximum Gasteiger partial charge on any atom is 0.264 e. The zero-order chi connectivity index (χ0) is 21.6. The zero-order valence-corrected chi connectivity index (χ0v) is 18.2. The fourth-order valence-electron chi connectivity index (χ4n) is 3.40. The summed E-state index contributed by atoms with van der Waals surface area (Å²) in [4.78, 5) is 0. The van der Waals surface area contributed by atoms with E-state index in [-0.39, 0.29) is 6.61 Å². The van der Waals surface area contributed by atoms with Gasteiger partial charge in [-0.15, -0.1) is 0 Å². The van der Waals surface area contributed by atoms with Gasteiger partial charge in [0.25, 0.3) is 10.1 Å². The highest BCUT2D eigenvalue weighted by atomic mass is 32.2. The molecule has 0 saturated carbocycles. The van der Waals surface area contributed by atoms with Gasteiger partial charge in [-0.05, 0) is 18.1 Å². The molecule has 164 valence electrons. The van der Waals surface area contributed by atoms with Crippen molar-refractivity contribution in [3.63, 3.8) is 0 Å². The minimum absolute atomic E-state index is 0.267. The third-order valence-corrected chi connectivity index (χ3v) is 5.39. The highest BCUT2D eigenvalue weighted by Crippen LogP contribution is 2.30. The van der Waals surface area contributed by atoms with Crippen LogP contribution in [0.15, 0.2) is 60.7 Å². The van der Waals surface area contributed by atoms with E-state index in [1.165, 1.54) is 7.11 Å². The van der Waals surface area contributed by atoms with Gasteiger partial charge in [-0.3, -0.25) is 4.18 Å². The van der Waals surface area contributed by atoms with E-state index in [9.17, 15) is 8.42 Å². The number of rotatable bonds is 9. The molecule has 1 aliphatic heterocycles. The molecular formula is C22H28O7S. The fraction of sp³-hybridized carbons (Fsp3) is 0.455. The normalized spacial score (nSPS) is 27.1. The second-order valence-corrected chi connectivity index (χ2v) is 8.83. The molecule has 1 aliphatic rings. The highest BCUT2D eigenvalue weighted by Gasteiger charge is 2.48. The molecule has 1 heterocycles. The number of benzene rings is 2. The van der Waals surface area contributed by atoms with Crippen molar-refractivity contribution < 1.29 is 31.5 Å². The van der Waals surface area contributed by atoms with Crippen molar-refractivity contribution in [1.29, 1.82) is 0 Å². The lowest BCUT2D eigenvalue weighted by atomic mass is 9.99. The van der Waals surface area contributed by atoms with E-state index in [1.807, 2.05) is 60.7 Å². The van der Waals surface area contributed by atoms with Crippen LogP contribution in [0.4, 0.5) is 0 Å². The van der Waals surface area contributed by atoms with E-state index < -0.39 is 40.8 Å². The SMILES string of the molecule is COC1OC(C)C(OS(C)(=O)=O)C(OCc2ccccc2)C1OCc1ccccc1. The van der Waals surface area contributed by atoms with E-state index in [2.05, 4.69) is 0 Å². The van der Waals surface area contributed by atoms with Crippen LogP contribution in [0, 0.1) is 0 Å². The number of ether oxygens (including phenoxy) is 4. The Morgan fingerprint density at radius 3 is 1.80 bits per heavy atom. The van der Waals surface area contributed by atoms with Crippen molar-refractivity contribution in [1.82, 2.24) is 0 Å². The molecule has 2 aromatic rings. The molecule has 0 amide bonds. The summed E-state index contributed by atoms with van der Waals surface area (Å²) in [5.41, 5.74) is 1.92. The van der Waals surface area contributed by atoms with Gasteiger partial charge in [0, 0.05) is 7.11 Å². The van der Waals surface area contributed by atoms with E-state index in [4.69, 9.17) is 23.1 Å². The van der Waals surface area contributed by atoms with Crippen molar-refractivity contribution in [2.75, 3.05) is 13.4 Å². The average Bonchev–Trinajstić information content (AvgIpc) is 2.73. The summed E-state index contributed by atoms with van der Waals surface area (Å²) in [5.74, 6) is 0. The standard InChI is InChI=1S/C22H28O7S/c1-16-19(29-30(3,23)24)20(26-14-17-10-6-4-7-11-17)21(22(25-2)28-16)27-15-18-12-8-5-9-13-18/h4-13,16,19-22H,14-15H2,1-3H3. The lowest BCUT2D eigenvalue weighted by molar-refractivity contribution is -0.302. The first-order valence-corrected chi connectivity index (χ1v) is 11.6. The Kier molecular flexibility index (Phi) is 7.99. The summed E-state index contributed by atoms with van der Waals surface area (Å²) in [6.07, 6.45) is -2.60. The van der Waals surface area contributed by atoms with Crippen LogP contribution in [0.3, 0.4) is 0 Å². The van der Waals surface area contributed by atoms with Crippen LogP contribution < -0.4 is 0 Å². The zero-order valence-electron chi connectivity index (χ0n) is 17.3. The first kappa shape index (κ1) is 22.9. The van der Waals surface area contributed by atoms with Crippen LogP contribution in [-0.4, -0.2) is 52.5 Å². The molecule has 0 bridgehead atoms. The van der Waals surface area contributed by atoms with Gasteiger partial charge < -0.3 is 18.9 Å². The molecular weight excluding hydrogens is 408 g/mol. The van der Waals surface area contributed by atoms with Crippen molar-refractivity contribution in [2.24, 2.45) is 0 Å². The van der Waals surface area contributed by atoms with Crippen molar-refractivity contribution >= 4 is 10.1 Å². The molecule has 0 aliphatic carbocycles. The quantitative estimate of drug-likeness (QED) is 0.559. The van der Waals surface area contributed by atoms with Gasteiger partial charge in [-0.1, -0.05) is 60.7 Å². The lowest BCUT2D eigenvalue weighted by Gasteiger charge is -2.44. The molecule has 8 heteroatoms. The molecule has 1 fully saturated rings. The lowest BCUT2D eigenvalue weighted by Crippen LogP contribution is -2.60. The Labute approximate surface area is 178 Å². The molecule has 0 spiro atoms. The van der Waals surface area contributed by atoms with Crippen LogP contribution in [0.1, 0.15) is 18.1 Å². The molecule has 0 aromatic heterocycles. The van der Waals surface area contributed by atoms with E-state index in [0.29, 0.717) is 6.61 Å².